The van der Waals surface area contributed by atoms with Gasteiger partial charge in [-0.25, -0.2) is 0 Å². The molecule has 7 heteroatoms. The maximum atomic E-state index is 12.6. The number of hydrogen-bond donors (Lipinski definition) is 1. The van der Waals surface area contributed by atoms with E-state index in [0.29, 0.717) is 18.0 Å². The van der Waals surface area contributed by atoms with Crippen LogP contribution in [0.4, 0.5) is 5.69 Å². The highest BCUT2D eigenvalue weighted by Crippen LogP contribution is 2.31. The first-order chi connectivity index (χ1) is 15.0. The quantitative estimate of drug-likeness (QED) is 0.666. The Balaban J connectivity index is 1.42. The molecule has 0 saturated carbocycles. The van der Waals surface area contributed by atoms with Crippen LogP contribution in [0, 0.1) is 6.92 Å². The third kappa shape index (κ3) is 4.17. The molecule has 0 bridgehead atoms. The van der Waals surface area contributed by atoms with Gasteiger partial charge in [0.2, 0.25) is 11.8 Å². The van der Waals surface area contributed by atoms with Gasteiger partial charge in [0.15, 0.2) is 0 Å². The molecule has 1 aliphatic heterocycles. The van der Waals surface area contributed by atoms with Crippen molar-refractivity contribution >= 4 is 28.4 Å². The summed E-state index contributed by atoms with van der Waals surface area (Å²) in [6, 6.07) is 16.3. The van der Waals surface area contributed by atoms with Gasteiger partial charge >= 0.3 is 0 Å². The number of benzene rings is 2. The fourth-order valence-corrected chi connectivity index (χ4v) is 4.14. The zero-order chi connectivity index (χ0) is 22.0. The van der Waals surface area contributed by atoms with E-state index in [1.807, 2.05) is 49.4 Å². The first kappa shape index (κ1) is 20.7. The summed E-state index contributed by atoms with van der Waals surface area (Å²) in [6.45, 7) is 2.58. The predicted molar refractivity (Wildman–Crippen MR) is 119 cm³/mol. The van der Waals surface area contributed by atoms with Crippen molar-refractivity contribution in [2.45, 2.75) is 32.4 Å². The van der Waals surface area contributed by atoms with E-state index in [9.17, 15) is 14.4 Å². The Bertz CT molecular complexity index is 1200. The Morgan fingerprint density at radius 1 is 1.13 bits per heavy atom. The number of rotatable bonds is 6. The van der Waals surface area contributed by atoms with Crippen LogP contribution in [-0.2, 0) is 16.1 Å². The highest BCUT2D eigenvalue weighted by atomic mass is 16.5. The normalized spacial score (nSPS) is 16.0. The second-order valence-electron chi connectivity index (χ2n) is 7.73. The summed E-state index contributed by atoms with van der Waals surface area (Å²) in [7, 11) is 1.56. The van der Waals surface area contributed by atoms with Crippen LogP contribution >= 0.6 is 0 Å². The number of carbonyl (C=O) groups excluding carboxylic acids is 2. The molecule has 7 nitrogen and oxygen atoms in total. The molecule has 1 atom stereocenters. The van der Waals surface area contributed by atoms with Crippen LogP contribution in [0.3, 0.4) is 0 Å². The number of carbonyl (C=O) groups is 2. The van der Waals surface area contributed by atoms with Gasteiger partial charge in [0, 0.05) is 37.4 Å². The highest BCUT2D eigenvalue weighted by molar-refractivity contribution is 5.98. The second kappa shape index (κ2) is 8.63. The number of methoxy groups -OCH3 is 1. The van der Waals surface area contributed by atoms with Gasteiger partial charge in [-0.2, -0.15) is 0 Å². The maximum absolute atomic E-state index is 12.6. The number of nitrogens with zero attached hydrogens (tertiary/aromatic N) is 2. The van der Waals surface area contributed by atoms with E-state index >= 15 is 0 Å². The first-order valence-electron chi connectivity index (χ1n) is 10.3. The standard InChI is InChI=1S/C24H25N3O4/c1-16-13-23(29)26(19-8-4-3-7-18(16)19)12-11-22(28)25-17-14-24(30)27(15-17)20-9-5-6-10-21(20)31-2/h3-10,13,17H,11-12,14-15H2,1-2H3,(H,25,28). The molecule has 1 aromatic heterocycles. The van der Waals surface area contributed by atoms with Gasteiger partial charge in [-0.3, -0.25) is 14.4 Å². The first-order valence-corrected chi connectivity index (χ1v) is 10.3. The van der Waals surface area contributed by atoms with Gasteiger partial charge < -0.3 is 19.5 Å². The lowest BCUT2D eigenvalue weighted by Gasteiger charge is -2.19. The van der Waals surface area contributed by atoms with E-state index < -0.39 is 0 Å². The Labute approximate surface area is 180 Å². The number of pyridine rings is 1. The average Bonchev–Trinajstić information content (AvgIpc) is 3.13. The molecule has 0 spiro atoms. The van der Waals surface area contributed by atoms with E-state index in [2.05, 4.69) is 5.32 Å². The molecule has 1 aliphatic rings. The molecular formula is C24H25N3O4. The molecule has 3 aromatic rings. The second-order valence-corrected chi connectivity index (χ2v) is 7.73. The Morgan fingerprint density at radius 2 is 1.87 bits per heavy atom. The third-order valence-electron chi connectivity index (χ3n) is 5.65. The summed E-state index contributed by atoms with van der Waals surface area (Å²) >= 11 is 0. The van der Waals surface area contributed by atoms with Gasteiger partial charge in [-0.15, -0.1) is 0 Å². The summed E-state index contributed by atoms with van der Waals surface area (Å²) in [5.41, 5.74) is 2.31. The fraction of sp³-hybridized carbons (Fsp3) is 0.292. The van der Waals surface area contributed by atoms with Crippen molar-refractivity contribution in [2.75, 3.05) is 18.6 Å². The van der Waals surface area contributed by atoms with Gasteiger partial charge in [-0.05, 0) is 30.7 Å². The number of hydrogen-bond acceptors (Lipinski definition) is 4. The van der Waals surface area contributed by atoms with Gasteiger partial charge in [0.25, 0.3) is 5.56 Å². The average molecular weight is 419 g/mol. The Hall–Kier alpha value is -3.61. The summed E-state index contributed by atoms with van der Waals surface area (Å²) in [4.78, 5) is 39.2. The van der Waals surface area contributed by atoms with Crippen molar-refractivity contribution in [3.8, 4) is 5.75 Å². The molecule has 1 fully saturated rings. The molecule has 0 radical (unpaired) electrons. The van der Waals surface area contributed by atoms with E-state index in [-0.39, 0.29) is 42.8 Å². The number of amides is 2. The minimum absolute atomic E-state index is 0.0597. The van der Waals surface area contributed by atoms with Crippen molar-refractivity contribution in [2.24, 2.45) is 0 Å². The minimum Gasteiger partial charge on any atom is -0.495 e. The number of anilines is 1. The highest BCUT2D eigenvalue weighted by Gasteiger charge is 2.32. The minimum atomic E-state index is -0.281. The van der Waals surface area contributed by atoms with Gasteiger partial charge in [-0.1, -0.05) is 30.3 Å². The molecule has 31 heavy (non-hydrogen) atoms. The van der Waals surface area contributed by atoms with Crippen molar-refractivity contribution in [1.29, 1.82) is 0 Å². The molecule has 2 amide bonds. The van der Waals surface area contributed by atoms with Crippen LogP contribution in [0.1, 0.15) is 18.4 Å². The van der Waals surface area contributed by atoms with Crippen LogP contribution < -0.4 is 20.5 Å². The molecule has 4 rings (SSSR count). The lowest BCUT2D eigenvalue weighted by atomic mass is 10.1. The van der Waals surface area contributed by atoms with Crippen LogP contribution in [0.25, 0.3) is 10.9 Å². The van der Waals surface area contributed by atoms with Crippen LogP contribution in [0.5, 0.6) is 5.75 Å². The molecular weight excluding hydrogens is 394 g/mol. The smallest absolute Gasteiger partial charge is 0.251 e. The number of fused-ring (bicyclic) bond motifs is 1. The van der Waals surface area contributed by atoms with E-state index in [4.69, 9.17) is 4.74 Å². The van der Waals surface area contributed by atoms with Gasteiger partial charge in [0.1, 0.15) is 5.75 Å². The number of nitrogens with one attached hydrogen (secondary N) is 1. The topological polar surface area (TPSA) is 80.6 Å². The maximum Gasteiger partial charge on any atom is 0.251 e. The number of aromatic nitrogens is 1. The lowest BCUT2D eigenvalue weighted by molar-refractivity contribution is -0.122. The summed E-state index contributed by atoms with van der Waals surface area (Å²) in [5, 5.41) is 3.93. The van der Waals surface area contributed by atoms with E-state index in [1.165, 1.54) is 0 Å². The van der Waals surface area contributed by atoms with Crippen molar-refractivity contribution < 1.29 is 14.3 Å². The Morgan fingerprint density at radius 3 is 2.68 bits per heavy atom. The molecule has 2 aromatic carbocycles. The van der Waals surface area contributed by atoms with Crippen LogP contribution in [0.2, 0.25) is 0 Å². The molecule has 160 valence electrons. The summed E-state index contributed by atoms with van der Waals surface area (Å²) in [5.74, 6) is 0.375. The largest absolute Gasteiger partial charge is 0.495 e. The lowest BCUT2D eigenvalue weighted by Crippen LogP contribution is -2.38. The molecule has 1 saturated heterocycles. The molecule has 2 heterocycles. The monoisotopic (exact) mass is 419 g/mol. The molecule has 0 aliphatic carbocycles. The number of aryl methyl sites for hydroxylation is 2. The Kier molecular flexibility index (Phi) is 5.75. The van der Waals surface area contributed by atoms with Crippen molar-refractivity contribution in [3.05, 3.63) is 70.5 Å². The molecule has 1 unspecified atom stereocenters. The summed E-state index contributed by atoms with van der Waals surface area (Å²) < 4.78 is 6.98. The third-order valence-corrected chi connectivity index (χ3v) is 5.65. The predicted octanol–water partition coefficient (Wildman–Crippen LogP) is 2.63. The van der Waals surface area contributed by atoms with E-state index in [1.54, 1.807) is 28.7 Å². The van der Waals surface area contributed by atoms with E-state index in [0.717, 1.165) is 16.5 Å². The number of para-hydroxylation sites is 3. The summed E-state index contributed by atoms with van der Waals surface area (Å²) in [6.07, 6.45) is 0.392. The zero-order valence-corrected chi connectivity index (χ0v) is 17.6. The molecule has 1 N–H and O–H groups in total. The van der Waals surface area contributed by atoms with Crippen LogP contribution in [-0.4, -0.2) is 36.1 Å². The number of ether oxygens (including phenoxy) is 1. The van der Waals surface area contributed by atoms with Crippen molar-refractivity contribution in [1.82, 2.24) is 9.88 Å². The SMILES string of the molecule is COc1ccccc1N1CC(NC(=O)CCn2c(=O)cc(C)c3ccccc32)CC1=O. The fourth-order valence-electron chi connectivity index (χ4n) is 4.14. The van der Waals surface area contributed by atoms with Crippen molar-refractivity contribution in [3.63, 3.8) is 0 Å². The van der Waals surface area contributed by atoms with Gasteiger partial charge in [0.05, 0.1) is 24.4 Å². The van der Waals surface area contributed by atoms with Crippen LogP contribution in [0.15, 0.2) is 59.4 Å². The zero-order valence-electron chi connectivity index (χ0n) is 17.6.